The molecule has 0 radical (unpaired) electrons. The second-order valence-electron chi connectivity index (χ2n) is 7.27. The van der Waals surface area contributed by atoms with Crippen molar-refractivity contribution in [1.82, 2.24) is 10.6 Å². The number of carbonyl (C=O) groups is 4. The minimum Gasteiger partial charge on any atom is -0.460 e. The van der Waals surface area contributed by atoms with Gasteiger partial charge in [-0.15, -0.1) is 0 Å². The zero-order chi connectivity index (χ0) is 23.5. The molecule has 0 spiro atoms. The molecule has 3 aromatic rings. The number of rotatable bonds is 10. The van der Waals surface area contributed by atoms with E-state index in [-0.39, 0.29) is 37.8 Å². The van der Waals surface area contributed by atoms with E-state index < -0.39 is 11.9 Å². The lowest BCUT2D eigenvalue weighted by Gasteiger charge is -2.09. The molecule has 3 aromatic carbocycles. The van der Waals surface area contributed by atoms with Gasteiger partial charge in [0.2, 0.25) is 11.8 Å². The molecule has 0 aliphatic heterocycles. The van der Waals surface area contributed by atoms with Gasteiger partial charge in [0.15, 0.2) is 5.78 Å². The molecule has 0 saturated heterocycles. The molecule has 7 heteroatoms. The van der Waals surface area contributed by atoms with Crippen molar-refractivity contribution in [3.05, 3.63) is 107 Å². The van der Waals surface area contributed by atoms with Crippen molar-refractivity contribution in [3.8, 4) is 0 Å². The van der Waals surface area contributed by atoms with E-state index in [1.807, 2.05) is 36.4 Å². The van der Waals surface area contributed by atoms with E-state index in [0.717, 1.165) is 5.56 Å². The molecule has 0 fully saturated rings. The van der Waals surface area contributed by atoms with E-state index >= 15 is 0 Å². The van der Waals surface area contributed by atoms with Crippen molar-refractivity contribution in [2.75, 3.05) is 13.1 Å². The van der Waals surface area contributed by atoms with E-state index in [9.17, 15) is 19.2 Å². The summed E-state index contributed by atoms with van der Waals surface area (Å²) in [4.78, 5) is 48.2. The van der Waals surface area contributed by atoms with Crippen molar-refractivity contribution in [2.45, 2.75) is 13.0 Å². The third-order valence-corrected chi connectivity index (χ3v) is 4.71. The molecule has 0 heterocycles. The van der Waals surface area contributed by atoms with Gasteiger partial charge in [0.1, 0.15) is 13.2 Å². The van der Waals surface area contributed by atoms with Crippen LogP contribution in [0.3, 0.4) is 0 Å². The molecule has 0 bridgehead atoms. The van der Waals surface area contributed by atoms with Crippen molar-refractivity contribution >= 4 is 23.6 Å². The van der Waals surface area contributed by atoms with Crippen LogP contribution < -0.4 is 10.6 Å². The summed E-state index contributed by atoms with van der Waals surface area (Å²) in [6.45, 7) is -0.586. The number of hydrogen-bond acceptors (Lipinski definition) is 5. The first kappa shape index (κ1) is 23.4. The first-order valence-electron chi connectivity index (χ1n) is 10.4. The third kappa shape index (κ3) is 7.74. The lowest BCUT2D eigenvalue weighted by atomic mass is 10.0. The van der Waals surface area contributed by atoms with Crippen LogP contribution in [-0.2, 0) is 32.1 Å². The van der Waals surface area contributed by atoms with Gasteiger partial charge in [-0.05, 0) is 17.2 Å². The topological polar surface area (TPSA) is 102 Å². The highest BCUT2D eigenvalue weighted by molar-refractivity contribution is 6.09. The lowest BCUT2D eigenvalue weighted by molar-refractivity contribution is -0.145. The summed E-state index contributed by atoms with van der Waals surface area (Å²) in [5.74, 6) is -1.53. The van der Waals surface area contributed by atoms with Crippen molar-refractivity contribution < 1.29 is 23.9 Å². The van der Waals surface area contributed by atoms with Crippen molar-refractivity contribution in [1.29, 1.82) is 0 Å². The Bertz CT molecular complexity index is 1110. The summed E-state index contributed by atoms with van der Waals surface area (Å²) < 4.78 is 5.17. The highest BCUT2D eigenvalue weighted by Gasteiger charge is 2.11. The van der Waals surface area contributed by atoms with Crippen LogP contribution in [0.4, 0.5) is 0 Å². The van der Waals surface area contributed by atoms with Crippen LogP contribution >= 0.6 is 0 Å². The predicted octanol–water partition coefficient (Wildman–Crippen LogP) is 2.44. The number of amides is 2. The normalized spacial score (nSPS) is 10.2. The first-order chi connectivity index (χ1) is 16.0. The van der Waals surface area contributed by atoms with Crippen LogP contribution in [0.1, 0.15) is 27.0 Å². The molecular formula is C26H24N2O5. The maximum Gasteiger partial charge on any atom is 0.325 e. The van der Waals surface area contributed by atoms with Gasteiger partial charge < -0.3 is 15.4 Å². The van der Waals surface area contributed by atoms with Gasteiger partial charge in [-0.25, -0.2) is 0 Å². The standard InChI is InChI=1S/C26H24N2O5/c29-23(15-19-8-3-1-4-9-19)27-16-24(30)28-17-25(31)33-18-20-10-7-13-22(14-20)26(32)21-11-5-2-6-12-21/h1-14H,15-18H2,(H,27,29)(H,28,30). The third-order valence-electron chi connectivity index (χ3n) is 4.71. The Hall–Kier alpha value is -4.26. The summed E-state index contributed by atoms with van der Waals surface area (Å²) in [6, 6.07) is 24.9. The Morgan fingerprint density at radius 3 is 1.97 bits per heavy atom. The number of hydrogen-bond donors (Lipinski definition) is 2. The van der Waals surface area contributed by atoms with Gasteiger partial charge in [-0.2, -0.15) is 0 Å². The Balaban J connectivity index is 1.38. The zero-order valence-corrected chi connectivity index (χ0v) is 18.0. The Kier molecular flexibility index (Phi) is 8.48. The van der Waals surface area contributed by atoms with Gasteiger partial charge in [0.05, 0.1) is 13.0 Å². The summed E-state index contributed by atoms with van der Waals surface area (Å²) >= 11 is 0. The largest absolute Gasteiger partial charge is 0.460 e. The fraction of sp³-hybridized carbons (Fsp3) is 0.154. The number of ether oxygens (including phenoxy) is 1. The van der Waals surface area contributed by atoms with Crippen molar-refractivity contribution in [2.24, 2.45) is 0 Å². The number of carbonyl (C=O) groups excluding carboxylic acids is 4. The molecule has 0 aliphatic carbocycles. The van der Waals surface area contributed by atoms with Crippen LogP contribution in [0, 0.1) is 0 Å². The minimum atomic E-state index is -0.626. The van der Waals surface area contributed by atoms with Crippen molar-refractivity contribution in [3.63, 3.8) is 0 Å². The van der Waals surface area contributed by atoms with Crippen LogP contribution in [-0.4, -0.2) is 36.7 Å². The highest BCUT2D eigenvalue weighted by atomic mass is 16.5. The molecule has 0 saturated carbocycles. The van der Waals surface area contributed by atoms with E-state index in [1.54, 1.807) is 48.5 Å². The SMILES string of the molecule is O=C(CNC(=O)Cc1ccccc1)NCC(=O)OCc1cccc(C(=O)c2ccccc2)c1. The summed E-state index contributed by atoms with van der Waals surface area (Å²) in [5, 5.41) is 4.91. The smallest absolute Gasteiger partial charge is 0.325 e. The number of nitrogens with one attached hydrogen (secondary N) is 2. The molecule has 0 atom stereocenters. The molecule has 33 heavy (non-hydrogen) atoms. The number of benzene rings is 3. The minimum absolute atomic E-state index is 0.0293. The Labute approximate surface area is 191 Å². The monoisotopic (exact) mass is 444 g/mol. The average Bonchev–Trinajstić information content (AvgIpc) is 2.86. The molecule has 0 unspecified atom stereocenters. The number of ketones is 1. The van der Waals surface area contributed by atoms with Crippen LogP contribution in [0.5, 0.6) is 0 Å². The molecule has 2 amide bonds. The summed E-state index contributed by atoms with van der Waals surface area (Å²) in [7, 11) is 0. The van der Waals surface area contributed by atoms with Gasteiger partial charge >= 0.3 is 5.97 Å². The second kappa shape index (κ2) is 12.0. The molecule has 0 aliphatic rings. The molecule has 7 nitrogen and oxygen atoms in total. The average molecular weight is 444 g/mol. The Morgan fingerprint density at radius 2 is 1.24 bits per heavy atom. The second-order valence-corrected chi connectivity index (χ2v) is 7.27. The maximum absolute atomic E-state index is 12.5. The van der Waals surface area contributed by atoms with Gasteiger partial charge in [0, 0.05) is 11.1 Å². The number of esters is 1. The van der Waals surface area contributed by atoms with E-state index in [1.165, 1.54) is 0 Å². The maximum atomic E-state index is 12.5. The zero-order valence-electron chi connectivity index (χ0n) is 18.0. The van der Waals surface area contributed by atoms with Crippen LogP contribution in [0.15, 0.2) is 84.9 Å². The molecule has 168 valence electrons. The Morgan fingerprint density at radius 1 is 0.636 bits per heavy atom. The highest BCUT2D eigenvalue weighted by Crippen LogP contribution is 2.12. The quantitative estimate of drug-likeness (QED) is 0.369. The molecule has 0 aromatic heterocycles. The summed E-state index contributed by atoms with van der Waals surface area (Å²) in [5.41, 5.74) is 2.57. The van der Waals surface area contributed by atoms with E-state index in [0.29, 0.717) is 16.7 Å². The van der Waals surface area contributed by atoms with Gasteiger partial charge in [-0.1, -0.05) is 78.9 Å². The van der Waals surface area contributed by atoms with Gasteiger partial charge in [-0.3, -0.25) is 19.2 Å². The first-order valence-corrected chi connectivity index (χ1v) is 10.4. The molecule has 2 N–H and O–H groups in total. The van der Waals surface area contributed by atoms with E-state index in [2.05, 4.69) is 10.6 Å². The lowest BCUT2D eigenvalue weighted by Crippen LogP contribution is -2.39. The predicted molar refractivity (Wildman–Crippen MR) is 122 cm³/mol. The van der Waals surface area contributed by atoms with E-state index in [4.69, 9.17) is 4.74 Å². The fourth-order valence-electron chi connectivity index (χ4n) is 3.03. The summed E-state index contributed by atoms with van der Waals surface area (Å²) in [6.07, 6.45) is 0.169. The van der Waals surface area contributed by atoms with Crippen LogP contribution in [0.25, 0.3) is 0 Å². The fourth-order valence-corrected chi connectivity index (χ4v) is 3.03. The van der Waals surface area contributed by atoms with Gasteiger partial charge in [0.25, 0.3) is 0 Å². The van der Waals surface area contributed by atoms with Crippen LogP contribution in [0.2, 0.25) is 0 Å². The molecule has 3 rings (SSSR count). The molecular weight excluding hydrogens is 420 g/mol.